The maximum absolute atomic E-state index is 12.8. The number of carbonyl (C=O) groups is 1. The van der Waals surface area contributed by atoms with Gasteiger partial charge >= 0.3 is 0 Å². The number of H-pyrrole nitrogens is 2. The van der Waals surface area contributed by atoms with Crippen molar-refractivity contribution in [1.82, 2.24) is 25.4 Å². The number of carbonyl (C=O) groups excluding carboxylic acids is 1. The predicted octanol–water partition coefficient (Wildman–Crippen LogP) is 5.17. The monoisotopic (exact) mass is 437 g/mol. The van der Waals surface area contributed by atoms with E-state index in [-0.39, 0.29) is 5.91 Å². The second-order valence-corrected chi connectivity index (χ2v) is 8.90. The first-order valence-corrected chi connectivity index (χ1v) is 12.2. The van der Waals surface area contributed by atoms with E-state index >= 15 is 0 Å². The lowest BCUT2D eigenvalue weighted by atomic mass is 9.76. The highest BCUT2D eigenvalue weighted by molar-refractivity contribution is 5.99. The number of hydrogen-bond acceptors (Lipinski definition) is 3. The quantitative estimate of drug-likeness (QED) is 0.517. The average molecular weight is 438 g/mol. The Balaban J connectivity index is 0.000000686. The zero-order valence-electron chi connectivity index (χ0n) is 20.6. The predicted molar refractivity (Wildman–Crippen MR) is 133 cm³/mol. The van der Waals surface area contributed by atoms with Gasteiger partial charge in [0, 0.05) is 53.9 Å². The summed E-state index contributed by atoms with van der Waals surface area (Å²) >= 11 is 0. The Kier molecular flexibility index (Phi) is 7.77. The molecule has 2 aliphatic rings. The van der Waals surface area contributed by atoms with Gasteiger partial charge in [-0.25, -0.2) is 0 Å². The number of amides is 1. The van der Waals surface area contributed by atoms with Crippen LogP contribution in [0.4, 0.5) is 0 Å². The molecule has 1 aliphatic carbocycles. The largest absolute Gasteiger partial charge is 0.353 e. The number of nitrogens with zero attached hydrogens (tertiary/aromatic N) is 2. The number of benzene rings is 1. The number of aromatic nitrogens is 3. The van der Waals surface area contributed by atoms with Crippen molar-refractivity contribution in [2.45, 2.75) is 60.8 Å². The fourth-order valence-corrected chi connectivity index (χ4v) is 4.51. The first kappa shape index (κ1) is 24.1. The van der Waals surface area contributed by atoms with Crippen LogP contribution in [0.1, 0.15) is 69.6 Å². The molecule has 0 unspecified atom stereocenters. The minimum absolute atomic E-state index is 0.110. The van der Waals surface area contributed by atoms with Crippen molar-refractivity contribution in [2.75, 3.05) is 26.2 Å². The molecule has 2 aromatic heterocycles. The van der Waals surface area contributed by atoms with Gasteiger partial charge in [0.05, 0.1) is 5.69 Å². The molecule has 0 saturated carbocycles. The van der Waals surface area contributed by atoms with Crippen molar-refractivity contribution in [3.8, 4) is 11.4 Å². The lowest BCUT2D eigenvalue weighted by Gasteiger charge is -2.28. The molecular weight excluding hydrogens is 398 g/mol. The van der Waals surface area contributed by atoms with E-state index in [0.717, 1.165) is 66.9 Å². The summed E-state index contributed by atoms with van der Waals surface area (Å²) in [7, 11) is 0. The summed E-state index contributed by atoms with van der Waals surface area (Å²) in [5.41, 5.74) is 6.71. The van der Waals surface area contributed by atoms with Crippen molar-refractivity contribution >= 4 is 16.8 Å². The molecule has 0 spiro atoms. The Morgan fingerprint density at radius 3 is 2.50 bits per heavy atom. The average Bonchev–Trinajstić information content (AvgIpc) is 3.44. The molecule has 3 heterocycles. The number of aromatic amines is 2. The summed E-state index contributed by atoms with van der Waals surface area (Å²) in [6.07, 6.45) is 3.27. The topological polar surface area (TPSA) is 76.8 Å². The lowest BCUT2D eigenvalue weighted by Crippen LogP contribution is -2.46. The Morgan fingerprint density at radius 2 is 1.78 bits per heavy atom. The van der Waals surface area contributed by atoms with Gasteiger partial charge in [0.1, 0.15) is 5.69 Å². The van der Waals surface area contributed by atoms with Gasteiger partial charge in [-0.15, -0.1) is 0 Å². The van der Waals surface area contributed by atoms with Gasteiger partial charge in [-0.3, -0.25) is 9.89 Å². The van der Waals surface area contributed by atoms with Crippen LogP contribution in [0.5, 0.6) is 0 Å². The third-order valence-electron chi connectivity index (χ3n) is 6.19. The molecule has 3 aromatic rings. The number of rotatable bonds is 2. The van der Waals surface area contributed by atoms with Crippen LogP contribution in [-0.2, 0) is 12.8 Å². The van der Waals surface area contributed by atoms with Gasteiger partial charge in [-0.05, 0) is 42.9 Å². The van der Waals surface area contributed by atoms with E-state index in [1.54, 1.807) is 0 Å². The van der Waals surface area contributed by atoms with Gasteiger partial charge in [-0.1, -0.05) is 47.6 Å². The Bertz CT molecular complexity index is 1040. The van der Waals surface area contributed by atoms with Crippen LogP contribution >= 0.6 is 0 Å². The highest BCUT2D eigenvalue weighted by atomic mass is 16.2. The van der Waals surface area contributed by atoms with Gasteiger partial charge in [0.2, 0.25) is 0 Å². The third-order valence-corrected chi connectivity index (χ3v) is 6.19. The zero-order chi connectivity index (χ0) is 23.3. The molecule has 0 bridgehead atoms. The molecule has 5 rings (SSSR count). The van der Waals surface area contributed by atoms with Crippen molar-refractivity contribution in [1.29, 1.82) is 0 Å². The fraction of sp³-hybridized carbons (Fsp3) is 0.538. The first-order valence-electron chi connectivity index (χ1n) is 12.2. The van der Waals surface area contributed by atoms with Crippen LogP contribution in [0.2, 0.25) is 0 Å². The minimum Gasteiger partial charge on any atom is -0.353 e. The summed E-state index contributed by atoms with van der Waals surface area (Å²) in [4.78, 5) is 18.2. The second-order valence-electron chi connectivity index (χ2n) is 8.90. The SMILES string of the molecule is CC.CC.CC1(C)CCc2c(-c3cc4ccc(C(=O)N5CCNCC5)cc4[nH]3)n[nH]c2C1. The number of hydrogen-bond donors (Lipinski definition) is 3. The molecule has 3 N–H and O–H groups in total. The van der Waals surface area contributed by atoms with E-state index in [9.17, 15) is 4.79 Å². The van der Waals surface area contributed by atoms with Gasteiger partial charge in [0.25, 0.3) is 5.91 Å². The summed E-state index contributed by atoms with van der Waals surface area (Å²) in [6.45, 7) is 15.9. The highest BCUT2D eigenvalue weighted by Gasteiger charge is 2.29. The van der Waals surface area contributed by atoms with Crippen molar-refractivity contribution < 1.29 is 4.79 Å². The summed E-state index contributed by atoms with van der Waals surface area (Å²) in [5.74, 6) is 0.110. The third kappa shape index (κ3) is 4.90. The molecule has 174 valence electrons. The molecular formula is C26H39N5O. The van der Waals surface area contributed by atoms with E-state index in [1.165, 1.54) is 17.7 Å². The van der Waals surface area contributed by atoms with Crippen LogP contribution in [0.3, 0.4) is 0 Å². The van der Waals surface area contributed by atoms with Gasteiger partial charge in [-0.2, -0.15) is 5.10 Å². The van der Waals surface area contributed by atoms with Crippen LogP contribution in [0, 0.1) is 5.41 Å². The van der Waals surface area contributed by atoms with Gasteiger partial charge in [0.15, 0.2) is 0 Å². The Morgan fingerprint density at radius 1 is 1.06 bits per heavy atom. The summed E-state index contributed by atoms with van der Waals surface area (Å²) in [6, 6.07) is 8.09. The first-order chi connectivity index (χ1) is 15.5. The van der Waals surface area contributed by atoms with E-state index in [0.29, 0.717) is 5.41 Å². The lowest BCUT2D eigenvalue weighted by molar-refractivity contribution is 0.0736. The summed E-state index contributed by atoms with van der Waals surface area (Å²) < 4.78 is 0. The molecule has 1 aromatic carbocycles. The number of fused-ring (bicyclic) bond motifs is 2. The van der Waals surface area contributed by atoms with Crippen LogP contribution in [-0.4, -0.2) is 52.2 Å². The zero-order valence-corrected chi connectivity index (χ0v) is 20.6. The van der Waals surface area contributed by atoms with Crippen molar-refractivity contribution in [2.24, 2.45) is 5.41 Å². The Hall–Kier alpha value is -2.60. The maximum Gasteiger partial charge on any atom is 0.254 e. The van der Waals surface area contributed by atoms with Crippen LogP contribution in [0.15, 0.2) is 24.3 Å². The van der Waals surface area contributed by atoms with E-state index in [4.69, 9.17) is 0 Å². The molecule has 1 amide bonds. The maximum atomic E-state index is 12.8. The fourth-order valence-electron chi connectivity index (χ4n) is 4.51. The minimum atomic E-state index is 0.110. The molecule has 0 radical (unpaired) electrons. The van der Waals surface area contributed by atoms with E-state index in [2.05, 4.69) is 40.4 Å². The molecule has 6 heteroatoms. The molecule has 32 heavy (non-hydrogen) atoms. The van der Waals surface area contributed by atoms with Crippen LogP contribution in [0.25, 0.3) is 22.3 Å². The number of piperazine rings is 1. The normalized spacial score (nSPS) is 17.0. The Labute approximate surface area is 192 Å². The molecule has 6 nitrogen and oxygen atoms in total. The van der Waals surface area contributed by atoms with Gasteiger partial charge < -0.3 is 15.2 Å². The molecule has 0 atom stereocenters. The van der Waals surface area contributed by atoms with Crippen molar-refractivity contribution in [3.05, 3.63) is 41.1 Å². The number of nitrogens with one attached hydrogen (secondary N) is 3. The highest BCUT2D eigenvalue weighted by Crippen LogP contribution is 2.38. The van der Waals surface area contributed by atoms with E-state index in [1.807, 2.05) is 50.8 Å². The molecule has 1 aliphatic heterocycles. The van der Waals surface area contributed by atoms with Crippen LogP contribution < -0.4 is 5.32 Å². The molecule has 1 fully saturated rings. The summed E-state index contributed by atoms with van der Waals surface area (Å²) in [5, 5.41) is 12.3. The smallest absolute Gasteiger partial charge is 0.254 e. The van der Waals surface area contributed by atoms with Crippen molar-refractivity contribution in [3.63, 3.8) is 0 Å². The standard InChI is InChI=1S/C22H27N5O.2C2H6/c1-22(2)6-5-16-19(13-22)25-26-20(16)18-11-14-3-4-15(12-17(14)24-18)21(28)27-9-7-23-8-10-27;2*1-2/h3-4,11-12,23-24H,5-10,13H2,1-2H3,(H,25,26);2*1-2H3. The van der Waals surface area contributed by atoms with E-state index < -0.39 is 0 Å². The second kappa shape index (κ2) is 10.3. The molecule has 1 saturated heterocycles.